The summed E-state index contributed by atoms with van der Waals surface area (Å²) in [6.45, 7) is 9.61. The molecule has 0 aliphatic carbocycles. The monoisotopic (exact) mass is 322 g/mol. The van der Waals surface area contributed by atoms with Crippen molar-refractivity contribution in [3.8, 4) is 0 Å². The van der Waals surface area contributed by atoms with E-state index in [2.05, 4.69) is 32.9 Å². The maximum absolute atomic E-state index is 9.98. The number of hydrogen-bond acceptors (Lipinski definition) is 6. The highest BCUT2D eigenvalue weighted by Gasteiger charge is 2.24. The summed E-state index contributed by atoms with van der Waals surface area (Å²) in [6, 6.07) is 2.56. The van der Waals surface area contributed by atoms with E-state index in [9.17, 15) is 5.11 Å². The van der Waals surface area contributed by atoms with Crippen molar-refractivity contribution in [2.45, 2.75) is 45.8 Å². The van der Waals surface area contributed by atoms with Gasteiger partial charge in [-0.05, 0) is 40.7 Å². The van der Waals surface area contributed by atoms with Gasteiger partial charge in [0.1, 0.15) is 11.6 Å². The Kier molecular flexibility index (Phi) is 6.74. The van der Waals surface area contributed by atoms with Gasteiger partial charge in [0, 0.05) is 44.0 Å². The molecule has 1 aromatic heterocycles. The molecule has 1 aromatic rings. The van der Waals surface area contributed by atoms with Gasteiger partial charge >= 0.3 is 0 Å². The van der Waals surface area contributed by atoms with E-state index in [1.807, 2.05) is 20.8 Å². The molecule has 2 rings (SSSR count). The van der Waals surface area contributed by atoms with Gasteiger partial charge in [0.05, 0.1) is 12.7 Å². The van der Waals surface area contributed by atoms with E-state index in [4.69, 9.17) is 4.74 Å². The highest BCUT2D eigenvalue weighted by atomic mass is 16.5. The predicted molar refractivity (Wildman–Crippen MR) is 91.9 cm³/mol. The summed E-state index contributed by atoms with van der Waals surface area (Å²) >= 11 is 0. The molecule has 0 aromatic carbocycles. The van der Waals surface area contributed by atoms with Crippen molar-refractivity contribution in [1.29, 1.82) is 0 Å². The molecule has 1 saturated heterocycles. The van der Waals surface area contributed by atoms with Crippen molar-refractivity contribution < 1.29 is 9.84 Å². The number of piperidine rings is 1. The molecule has 1 fully saturated rings. The van der Waals surface area contributed by atoms with Crippen molar-refractivity contribution in [3.63, 3.8) is 0 Å². The van der Waals surface area contributed by atoms with Gasteiger partial charge in [-0.2, -0.15) is 0 Å². The van der Waals surface area contributed by atoms with Gasteiger partial charge in [0.2, 0.25) is 0 Å². The molecule has 1 N–H and O–H groups in total. The lowest BCUT2D eigenvalue weighted by atomic mass is 10.0. The molecule has 1 aliphatic heterocycles. The lowest BCUT2D eigenvalue weighted by Gasteiger charge is -2.38. The average Bonchev–Trinajstić information content (AvgIpc) is 2.52. The molecule has 6 nitrogen and oxygen atoms in total. The molecule has 0 bridgehead atoms. The summed E-state index contributed by atoms with van der Waals surface area (Å²) in [6.07, 6.45) is 1.75. The molecule has 6 heteroatoms. The van der Waals surface area contributed by atoms with Crippen LogP contribution in [-0.2, 0) is 4.74 Å². The van der Waals surface area contributed by atoms with Gasteiger partial charge in [-0.25, -0.2) is 9.97 Å². The second-order valence-corrected chi connectivity index (χ2v) is 6.39. The van der Waals surface area contributed by atoms with Crippen LogP contribution in [-0.4, -0.2) is 72.0 Å². The Bertz CT molecular complexity index is 469. The van der Waals surface area contributed by atoms with E-state index in [1.54, 1.807) is 0 Å². The van der Waals surface area contributed by atoms with Crippen LogP contribution >= 0.6 is 0 Å². The first kappa shape index (κ1) is 18.1. The van der Waals surface area contributed by atoms with Gasteiger partial charge in [-0.3, -0.25) is 0 Å². The Morgan fingerprint density at radius 1 is 1.35 bits per heavy atom. The summed E-state index contributed by atoms with van der Waals surface area (Å²) < 4.78 is 5.28. The lowest BCUT2D eigenvalue weighted by Crippen LogP contribution is -2.46. The Balaban J connectivity index is 1.83. The van der Waals surface area contributed by atoms with Crippen molar-refractivity contribution >= 4 is 5.82 Å². The largest absolute Gasteiger partial charge is 0.389 e. The van der Waals surface area contributed by atoms with Gasteiger partial charge < -0.3 is 19.6 Å². The molecule has 0 spiro atoms. The third-order valence-corrected chi connectivity index (χ3v) is 4.38. The summed E-state index contributed by atoms with van der Waals surface area (Å²) in [4.78, 5) is 13.5. The van der Waals surface area contributed by atoms with E-state index in [1.165, 1.54) is 0 Å². The number of nitrogens with zero attached hydrogens (tertiary/aromatic N) is 4. The number of aryl methyl sites for hydroxylation is 2. The normalized spacial score (nSPS) is 17.7. The first-order chi connectivity index (χ1) is 11.0. The fourth-order valence-corrected chi connectivity index (χ4v) is 3.18. The van der Waals surface area contributed by atoms with Crippen LogP contribution in [0.25, 0.3) is 0 Å². The molecule has 130 valence electrons. The second kappa shape index (κ2) is 8.57. The fourth-order valence-electron chi connectivity index (χ4n) is 3.18. The standard InChI is InChI=1S/C17H30N4O2/c1-5-23-12-16(22)11-20(4)15-6-8-21(9-7-15)17-10-13(2)18-14(3)19-17/h10,15-16,22H,5-9,11-12H2,1-4H3/t16-/m1/s1. The number of aliphatic hydroxyl groups excluding tert-OH is 1. The molecule has 1 atom stereocenters. The quantitative estimate of drug-likeness (QED) is 0.818. The van der Waals surface area contributed by atoms with Crippen LogP contribution in [0.1, 0.15) is 31.3 Å². The van der Waals surface area contributed by atoms with Gasteiger partial charge in [0.25, 0.3) is 0 Å². The third kappa shape index (κ3) is 5.41. The zero-order chi connectivity index (χ0) is 16.8. The maximum atomic E-state index is 9.98. The zero-order valence-electron chi connectivity index (χ0n) is 14.8. The van der Waals surface area contributed by atoms with Gasteiger partial charge in [0.15, 0.2) is 0 Å². The molecule has 0 radical (unpaired) electrons. The maximum Gasteiger partial charge on any atom is 0.132 e. The van der Waals surface area contributed by atoms with Gasteiger partial charge in [-0.1, -0.05) is 0 Å². The Hall–Kier alpha value is -1.24. The van der Waals surface area contributed by atoms with Crippen LogP contribution < -0.4 is 4.90 Å². The van der Waals surface area contributed by atoms with E-state index < -0.39 is 6.10 Å². The van der Waals surface area contributed by atoms with Crippen molar-refractivity contribution in [3.05, 3.63) is 17.6 Å². The van der Waals surface area contributed by atoms with E-state index in [0.717, 1.165) is 43.3 Å². The first-order valence-electron chi connectivity index (χ1n) is 8.53. The molecular formula is C17H30N4O2. The Labute approximate surface area is 139 Å². The Morgan fingerprint density at radius 2 is 2.04 bits per heavy atom. The van der Waals surface area contributed by atoms with Crippen LogP contribution in [0.4, 0.5) is 5.82 Å². The van der Waals surface area contributed by atoms with Gasteiger partial charge in [-0.15, -0.1) is 0 Å². The fraction of sp³-hybridized carbons (Fsp3) is 0.765. The highest BCUT2D eigenvalue weighted by Crippen LogP contribution is 2.21. The van der Waals surface area contributed by atoms with Crippen LogP contribution in [0.3, 0.4) is 0 Å². The summed E-state index contributed by atoms with van der Waals surface area (Å²) in [5.41, 5.74) is 1.02. The van der Waals surface area contributed by atoms with E-state index in [0.29, 0.717) is 25.8 Å². The summed E-state index contributed by atoms with van der Waals surface area (Å²) in [7, 11) is 2.09. The third-order valence-electron chi connectivity index (χ3n) is 4.38. The topological polar surface area (TPSA) is 61.7 Å². The van der Waals surface area contributed by atoms with E-state index in [-0.39, 0.29) is 0 Å². The molecular weight excluding hydrogens is 292 g/mol. The predicted octanol–water partition coefficient (Wildman–Crippen LogP) is 1.39. The molecule has 0 unspecified atom stereocenters. The van der Waals surface area contributed by atoms with Crippen LogP contribution in [0.15, 0.2) is 6.07 Å². The van der Waals surface area contributed by atoms with Crippen molar-refractivity contribution in [1.82, 2.24) is 14.9 Å². The minimum Gasteiger partial charge on any atom is -0.389 e. The molecule has 2 heterocycles. The van der Waals surface area contributed by atoms with Crippen LogP contribution in [0.2, 0.25) is 0 Å². The molecule has 0 amide bonds. The minimum atomic E-state index is -0.412. The average molecular weight is 322 g/mol. The summed E-state index contributed by atoms with van der Waals surface area (Å²) in [5.74, 6) is 1.87. The smallest absolute Gasteiger partial charge is 0.132 e. The minimum absolute atomic E-state index is 0.412. The number of hydrogen-bond donors (Lipinski definition) is 1. The molecule has 0 saturated carbocycles. The van der Waals surface area contributed by atoms with Crippen LogP contribution in [0.5, 0.6) is 0 Å². The SMILES string of the molecule is CCOC[C@H](O)CN(C)C1CCN(c2cc(C)nc(C)n2)CC1. The number of rotatable bonds is 7. The van der Waals surface area contributed by atoms with E-state index >= 15 is 0 Å². The number of aromatic nitrogens is 2. The summed E-state index contributed by atoms with van der Waals surface area (Å²) in [5, 5.41) is 9.98. The van der Waals surface area contributed by atoms with Crippen LogP contribution in [0, 0.1) is 13.8 Å². The Morgan fingerprint density at radius 3 is 2.65 bits per heavy atom. The molecule has 23 heavy (non-hydrogen) atoms. The van der Waals surface area contributed by atoms with Crippen molar-refractivity contribution in [2.75, 3.05) is 44.8 Å². The highest BCUT2D eigenvalue weighted by molar-refractivity contribution is 5.40. The number of ether oxygens (including phenoxy) is 1. The van der Waals surface area contributed by atoms with Crippen molar-refractivity contribution in [2.24, 2.45) is 0 Å². The lowest BCUT2D eigenvalue weighted by molar-refractivity contribution is 0.0163. The zero-order valence-corrected chi connectivity index (χ0v) is 14.8. The number of anilines is 1. The second-order valence-electron chi connectivity index (χ2n) is 6.39. The number of aliphatic hydroxyl groups is 1. The molecule has 1 aliphatic rings. The number of likely N-dealkylation sites (N-methyl/N-ethyl adjacent to an activating group) is 1. The first-order valence-corrected chi connectivity index (χ1v) is 8.53.